The topological polar surface area (TPSA) is 102 Å². The number of methoxy groups -OCH3 is 1. The second kappa shape index (κ2) is 9.15. The number of carbonyl (C=O) groups is 1. The number of aliphatic hydroxyl groups is 1. The Hall–Kier alpha value is -3.71. The molecule has 0 saturated heterocycles. The molecular weight excluding hydrogens is 442 g/mol. The monoisotopic (exact) mass is 473 g/mol. The number of hydrogen-bond acceptors (Lipinski definition) is 4. The average molecular weight is 474 g/mol. The normalized spacial score (nSPS) is 13.5. The van der Waals surface area contributed by atoms with Gasteiger partial charge in [-0.05, 0) is 61.6 Å². The molecule has 3 heterocycles. The lowest BCUT2D eigenvalue weighted by Gasteiger charge is -2.25. The van der Waals surface area contributed by atoms with Crippen LogP contribution in [0, 0.1) is 0 Å². The molecular formula is C28H31N3O4. The van der Waals surface area contributed by atoms with Crippen LogP contribution in [-0.2, 0) is 19.4 Å². The molecule has 0 aliphatic carbocycles. The first-order valence-electron chi connectivity index (χ1n) is 12.0. The second-order valence-electron chi connectivity index (χ2n) is 9.38. The number of benzene rings is 2. The summed E-state index contributed by atoms with van der Waals surface area (Å²) >= 11 is 0. The first kappa shape index (κ1) is 23.1. The van der Waals surface area contributed by atoms with Crippen molar-refractivity contribution >= 4 is 16.8 Å². The largest absolute Gasteiger partial charge is 0.493 e. The van der Waals surface area contributed by atoms with E-state index in [4.69, 9.17) is 15.2 Å². The van der Waals surface area contributed by atoms with Crippen molar-refractivity contribution in [2.75, 3.05) is 13.7 Å². The zero-order valence-corrected chi connectivity index (χ0v) is 20.3. The highest BCUT2D eigenvalue weighted by molar-refractivity contribution is 5.97. The molecule has 2 aromatic carbocycles. The number of aryl methyl sites for hydroxylation is 2. The summed E-state index contributed by atoms with van der Waals surface area (Å²) in [5, 5.41) is 11.7. The summed E-state index contributed by atoms with van der Waals surface area (Å²) in [5.74, 6) is 0.537. The Morgan fingerprint density at radius 1 is 1.23 bits per heavy atom. The molecule has 0 spiro atoms. The van der Waals surface area contributed by atoms with Crippen LogP contribution < -0.4 is 15.2 Å². The van der Waals surface area contributed by atoms with Gasteiger partial charge in [0.2, 0.25) is 0 Å². The molecule has 1 atom stereocenters. The van der Waals surface area contributed by atoms with Crippen LogP contribution in [0.2, 0.25) is 0 Å². The van der Waals surface area contributed by atoms with E-state index in [1.54, 1.807) is 7.11 Å². The van der Waals surface area contributed by atoms with Crippen molar-refractivity contribution in [3.63, 3.8) is 0 Å². The summed E-state index contributed by atoms with van der Waals surface area (Å²) in [4.78, 5) is 15.9. The summed E-state index contributed by atoms with van der Waals surface area (Å²) in [6, 6.07) is 12.1. The molecule has 1 aliphatic rings. The van der Waals surface area contributed by atoms with Crippen LogP contribution in [0.1, 0.15) is 46.8 Å². The molecule has 182 valence electrons. The van der Waals surface area contributed by atoms with Crippen LogP contribution >= 0.6 is 0 Å². The lowest BCUT2D eigenvalue weighted by Crippen LogP contribution is -2.18. The van der Waals surface area contributed by atoms with Crippen LogP contribution in [-0.4, -0.2) is 40.4 Å². The van der Waals surface area contributed by atoms with Crippen molar-refractivity contribution in [1.29, 1.82) is 0 Å². The number of ether oxygens (including phenoxy) is 2. The zero-order valence-electron chi connectivity index (χ0n) is 20.3. The molecule has 1 amide bonds. The molecule has 4 N–H and O–H groups in total. The minimum absolute atomic E-state index is 0.0231. The number of amides is 1. The molecule has 2 aromatic heterocycles. The number of aliphatic hydroxyl groups excluding tert-OH is 1. The number of carbonyl (C=O) groups excluding carboxylic acids is 1. The number of fused-ring (bicyclic) bond motifs is 4. The van der Waals surface area contributed by atoms with Crippen molar-refractivity contribution in [2.24, 2.45) is 5.73 Å². The molecule has 4 aromatic rings. The number of nitrogens with two attached hydrogens (primary N) is 1. The fourth-order valence-corrected chi connectivity index (χ4v) is 5.26. The van der Waals surface area contributed by atoms with E-state index in [9.17, 15) is 9.90 Å². The Kier molecular flexibility index (Phi) is 6.03. The van der Waals surface area contributed by atoms with Crippen molar-refractivity contribution < 1.29 is 19.4 Å². The van der Waals surface area contributed by atoms with Crippen LogP contribution in [0.5, 0.6) is 11.5 Å². The lowest BCUT2D eigenvalue weighted by molar-refractivity contribution is 0.0998. The molecule has 0 bridgehead atoms. The van der Waals surface area contributed by atoms with Gasteiger partial charge in [0.15, 0.2) is 11.5 Å². The van der Waals surface area contributed by atoms with Crippen LogP contribution in [0.4, 0.5) is 0 Å². The fraction of sp³-hybridized carbons (Fsp3) is 0.321. The van der Waals surface area contributed by atoms with Gasteiger partial charge in [0, 0.05) is 41.3 Å². The lowest BCUT2D eigenvalue weighted by atomic mass is 9.86. The van der Waals surface area contributed by atoms with Gasteiger partial charge in [-0.2, -0.15) is 0 Å². The Bertz CT molecular complexity index is 1400. The summed E-state index contributed by atoms with van der Waals surface area (Å²) in [7, 11) is 1.64. The van der Waals surface area contributed by atoms with Gasteiger partial charge in [-0.1, -0.05) is 18.2 Å². The second-order valence-corrected chi connectivity index (χ2v) is 9.38. The minimum atomic E-state index is -0.493. The Morgan fingerprint density at radius 3 is 2.74 bits per heavy atom. The number of primary amides is 1. The van der Waals surface area contributed by atoms with Gasteiger partial charge >= 0.3 is 0 Å². The van der Waals surface area contributed by atoms with E-state index in [-0.39, 0.29) is 18.6 Å². The Labute approximate surface area is 204 Å². The Balaban J connectivity index is 1.67. The van der Waals surface area contributed by atoms with Gasteiger partial charge in [0.1, 0.15) is 0 Å². The maximum Gasteiger partial charge on any atom is 0.250 e. The quantitative estimate of drug-likeness (QED) is 0.353. The van der Waals surface area contributed by atoms with Gasteiger partial charge < -0.3 is 29.9 Å². The number of H-pyrrole nitrogens is 1. The SMILES string of the molecule is COc1cc2c(cc1OC(C)C)-c1c([C@H](CO)Cc3c[nH]c4ccccc34)c(C(N)=O)cn1CC2. The highest BCUT2D eigenvalue weighted by atomic mass is 16.5. The van der Waals surface area contributed by atoms with E-state index in [1.807, 2.05) is 56.6 Å². The van der Waals surface area contributed by atoms with Crippen molar-refractivity contribution in [3.05, 3.63) is 71.0 Å². The maximum atomic E-state index is 12.6. The smallest absolute Gasteiger partial charge is 0.250 e. The summed E-state index contributed by atoms with van der Waals surface area (Å²) in [6.45, 7) is 4.54. The van der Waals surface area contributed by atoms with E-state index in [0.717, 1.165) is 45.3 Å². The van der Waals surface area contributed by atoms with E-state index in [0.29, 0.717) is 30.0 Å². The van der Waals surface area contributed by atoms with Gasteiger partial charge in [0.05, 0.1) is 31.1 Å². The predicted molar refractivity (Wildman–Crippen MR) is 136 cm³/mol. The van der Waals surface area contributed by atoms with Crippen LogP contribution in [0.15, 0.2) is 48.8 Å². The third-order valence-electron chi connectivity index (χ3n) is 6.78. The van der Waals surface area contributed by atoms with E-state index in [1.165, 1.54) is 0 Å². The first-order valence-corrected chi connectivity index (χ1v) is 12.0. The van der Waals surface area contributed by atoms with Crippen LogP contribution in [0.3, 0.4) is 0 Å². The Morgan fingerprint density at radius 2 is 2.03 bits per heavy atom. The summed E-state index contributed by atoms with van der Waals surface area (Å²) in [6.07, 6.45) is 5.15. The number of aromatic amines is 1. The van der Waals surface area contributed by atoms with Gasteiger partial charge in [-0.15, -0.1) is 0 Å². The van der Waals surface area contributed by atoms with Gasteiger partial charge in [-0.3, -0.25) is 4.79 Å². The molecule has 7 heteroatoms. The third-order valence-corrected chi connectivity index (χ3v) is 6.78. The van der Waals surface area contributed by atoms with Gasteiger partial charge in [0.25, 0.3) is 5.91 Å². The van der Waals surface area contributed by atoms with E-state index < -0.39 is 5.91 Å². The summed E-state index contributed by atoms with van der Waals surface area (Å²) in [5.41, 5.74) is 12.2. The molecule has 0 fully saturated rings. The minimum Gasteiger partial charge on any atom is -0.493 e. The highest BCUT2D eigenvalue weighted by Crippen LogP contribution is 2.44. The maximum absolute atomic E-state index is 12.6. The van der Waals surface area contributed by atoms with Crippen molar-refractivity contribution in [3.8, 4) is 22.8 Å². The molecule has 0 unspecified atom stereocenters. The van der Waals surface area contributed by atoms with Crippen molar-refractivity contribution in [2.45, 2.75) is 45.3 Å². The molecule has 35 heavy (non-hydrogen) atoms. The first-order chi connectivity index (χ1) is 16.9. The number of nitrogens with one attached hydrogen (secondary N) is 1. The average Bonchev–Trinajstić information content (AvgIpc) is 3.43. The van der Waals surface area contributed by atoms with Gasteiger partial charge in [-0.25, -0.2) is 0 Å². The highest BCUT2D eigenvalue weighted by Gasteiger charge is 2.31. The number of aromatic nitrogens is 2. The summed E-state index contributed by atoms with van der Waals surface area (Å²) < 4.78 is 13.7. The zero-order chi connectivity index (χ0) is 24.7. The standard InChI is InChI=1S/C28H31N3O4/c1-16(2)35-25-12-21-17(11-24(25)34-3)8-9-31-14-22(28(29)33)26(27(21)31)19(15-32)10-18-13-30-23-7-5-4-6-20(18)23/h4-7,11-14,16,19,30,32H,8-10,15H2,1-3H3,(H2,29,33)/t19-/m0/s1. The third kappa shape index (κ3) is 4.06. The van der Waals surface area contributed by atoms with E-state index >= 15 is 0 Å². The molecule has 5 rings (SSSR count). The van der Waals surface area contributed by atoms with Crippen molar-refractivity contribution in [1.82, 2.24) is 9.55 Å². The molecule has 0 radical (unpaired) electrons. The molecule has 1 aliphatic heterocycles. The number of rotatable bonds is 8. The number of nitrogens with zero attached hydrogens (tertiary/aromatic N) is 1. The number of para-hydroxylation sites is 1. The molecule has 7 nitrogen and oxygen atoms in total. The van der Waals surface area contributed by atoms with Crippen LogP contribution in [0.25, 0.3) is 22.2 Å². The fourth-order valence-electron chi connectivity index (χ4n) is 5.26. The number of hydrogen-bond donors (Lipinski definition) is 3. The molecule has 0 saturated carbocycles. The van der Waals surface area contributed by atoms with E-state index in [2.05, 4.69) is 15.6 Å². The predicted octanol–water partition coefficient (Wildman–Crippen LogP) is 4.41.